The molecule has 4 rings (SSSR count). The molecular formula is C25H30FN5O4. The molecule has 3 heterocycles. The van der Waals surface area contributed by atoms with Gasteiger partial charge in [0.15, 0.2) is 0 Å². The number of aromatic nitrogens is 1. The van der Waals surface area contributed by atoms with Crippen molar-refractivity contribution in [2.45, 2.75) is 32.8 Å². The molecule has 0 radical (unpaired) electrons. The molecule has 2 aliphatic rings. The summed E-state index contributed by atoms with van der Waals surface area (Å²) in [6, 6.07) is 2.50. The number of amides is 3. The van der Waals surface area contributed by atoms with E-state index in [-0.39, 0.29) is 17.2 Å². The van der Waals surface area contributed by atoms with Gasteiger partial charge in [-0.05, 0) is 58.6 Å². The number of aliphatic hydroxyl groups is 1. The Morgan fingerprint density at radius 2 is 2.03 bits per heavy atom. The van der Waals surface area contributed by atoms with E-state index in [4.69, 9.17) is 0 Å². The van der Waals surface area contributed by atoms with Gasteiger partial charge in [0.05, 0.1) is 22.5 Å². The van der Waals surface area contributed by atoms with E-state index in [1.54, 1.807) is 6.08 Å². The smallest absolute Gasteiger partial charge is 0.256 e. The van der Waals surface area contributed by atoms with Crippen molar-refractivity contribution in [1.82, 2.24) is 14.8 Å². The number of carbonyl (C=O) groups excluding carboxylic acids is 3. The minimum Gasteiger partial charge on any atom is -0.381 e. The Hall–Kier alpha value is -3.50. The van der Waals surface area contributed by atoms with E-state index >= 15 is 0 Å². The summed E-state index contributed by atoms with van der Waals surface area (Å²) in [6.45, 7) is 6.43. The average molecular weight is 484 g/mol. The van der Waals surface area contributed by atoms with E-state index in [1.807, 2.05) is 30.8 Å². The number of likely N-dealkylation sites (N-methyl/N-ethyl adjacent to an activating group) is 1. The lowest BCUT2D eigenvalue weighted by Crippen LogP contribution is -2.41. The Morgan fingerprint density at radius 1 is 1.31 bits per heavy atom. The third-order valence-corrected chi connectivity index (χ3v) is 6.30. The van der Waals surface area contributed by atoms with Gasteiger partial charge in [0.2, 0.25) is 0 Å². The molecule has 0 bridgehead atoms. The van der Waals surface area contributed by atoms with Gasteiger partial charge in [-0.3, -0.25) is 14.4 Å². The molecule has 0 unspecified atom stereocenters. The van der Waals surface area contributed by atoms with Crippen LogP contribution in [0.4, 0.5) is 15.8 Å². The summed E-state index contributed by atoms with van der Waals surface area (Å²) in [5.41, 5.74) is 1.91. The first kappa shape index (κ1) is 24.6. The first-order valence-corrected chi connectivity index (χ1v) is 11.4. The maximum Gasteiger partial charge on any atom is 0.256 e. The number of benzene rings is 1. The van der Waals surface area contributed by atoms with Crippen LogP contribution < -0.4 is 10.6 Å². The topological polar surface area (TPSA) is 118 Å². The summed E-state index contributed by atoms with van der Waals surface area (Å²) in [6.07, 6.45) is 2.31. The second-order valence-corrected chi connectivity index (χ2v) is 9.77. The Bertz CT molecular complexity index is 1260. The van der Waals surface area contributed by atoms with E-state index in [9.17, 15) is 23.9 Å². The molecule has 2 aliphatic heterocycles. The Kier molecular flexibility index (Phi) is 6.29. The van der Waals surface area contributed by atoms with Gasteiger partial charge in [0.1, 0.15) is 11.4 Å². The highest BCUT2D eigenvalue weighted by Crippen LogP contribution is 2.37. The Labute approximate surface area is 203 Å². The molecule has 0 saturated carbocycles. The van der Waals surface area contributed by atoms with E-state index in [0.717, 1.165) is 17.8 Å². The fourth-order valence-corrected chi connectivity index (χ4v) is 4.21. The highest BCUT2D eigenvalue weighted by Gasteiger charge is 2.32. The lowest BCUT2D eigenvalue weighted by Gasteiger charge is -2.28. The monoisotopic (exact) mass is 483 g/mol. The molecule has 1 aromatic heterocycles. The number of nitrogens with one attached hydrogen (secondary N) is 3. The van der Waals surface area contributed by atoms with Gasteiger partial charge in [0.25, 0.3) is 17.7 Å². The molecule has 4 N–H and O–H groups in total. The van der Waals surface area contributed by atoms with Gasteiger partial charge in [-0.25, -0.2) is 4.39 Å². The average Bonchev–Trinajstić information content (AvgIpc) is 3.24. The van der Waals surface area contributed by atoms with Crippen LogP contribution in [-0.2, 0) is 16.0 Å². The van der Waals surface area contributed by atoms with Crippen LogP contribution in [0.15, 0.2) is 12.1 Å². The molecule has 9 nitrogen and oxygen atoms in total. The van der Waals surface area contributed by atoms with Crippen LogP contribution in [0.1, 0.15) is 46.7 Å². The zero-order valence-electron chi connectivity index (χ0n) is 20.5. The molecule has 2 aromatic rings. The second kappa shape index (κ2) is 8.94. The van der Waals surface area contributed by atoms with Crippen LogP contribution in [-0.4, -0.2) is 76.9 Å². The van der Waals surface area contributed by atoms with Crippen LogP contribution in [0.5, 0.6) is 0 Å². The predicted octanol–water partition coefficient (Wildman–Crippen LogP) is 2.22. The van der Waals surface area contributed by atoms with Gasteiger partial charge in [-0.2, -0.15) is 0 Å². The maximum absolute atomic E-state index is 14.8. The van der Waals surface area contributed by atoms with Crippen LogP contribution in [0.2, 0.25) is 0 Å². The van der Waals surface area contributed by atoms with Crippen LogP contribution in [0.25, 0.3) is 11.6 Å². The largest absolute Gasteiger partial charge is 0.381 e. The molecule has 0 fully saturated rings. The molecule has 1 aromatic carbocycles. The van der Waals surface area contributed by atoms with Crippen molar-refractivity contribution in [3.8, 4) is 0 Å². The van der Waals surface area contributed by atoms with Gasteiger partial charge in [-0.1, -0.05) is 0 Å². The number of H-pyrrole nitrogens is 1. The number of rotatable bonds is 6. The van der Waals surface area contributed by atoms with E-state index < -0.39 is 23.2 Å². The number of hydrogen-bond donors (Lipinski definition) is 4. The number of halogens is 1. The molecular weight excluding hydrogens is 453 g/mol. The molecule has 0 saturated heterocycles. The first-order chi connectivity index (χ1) is 16.4. The number of aromatic amines is 1. The summed E-state index contributed by atoms with van der Waals surface area (Å²) in [4.78, 5) is 45.0. The number of carbonyl (C=O) groups is 3. The highest BCUT2D eigenvalue weighted by atomic mass is 19.1. The Balaban J connectivity index is 1.65. The first-order valence-electron chi connectivity index (χ1n) is 11.4. The Morgan fingerprint density at radius 3 is 2.69 bits per heavy atom. The summed E-state index contributed by atoms with van der Waals surface area (Å²) in [5, 5.41) is 14.9. The normalized spacial score (nSPS) is 16.6. The number of nitrogens with zero attached hydrogens (tertiary/aromatic N) is 2. The minimum absolute atomic E-state index is 0.0407. The molecule has 0 aliphatic carbocycles. The molecule has 0 spiro atoms. The lowest BCUT2D eigenvalue weighted by molar-refractivity contribution is -0.130. The molecule has 186 valence electrons. The van der Waals surface area contributed by atoms with E-state index in [0.29, 0.717) is 42.0 Å². The molecule has 0 atom stereocenters. The zero-order chi connectivity index (χ0) is 25.7. The van der Waals surface area contributed by atoms with E-state index in [1.165, 1.54) is 26.0 Å². The van der Waals surface area contributed by atoms with Crippen molar-refractivity contribution in [1.29, 1.82) is 0 Å². The molecule has 3 amide bonds. The fraction of sp³-hybridized carbons (Fsp3) is 0.400. The third-order valence-electron chi connectivity index (χ3n) is 6.30. The van der Waals surface area contributed by atoms with Crippen molar-refractivity contribution in [3.05, 3.63) is 46.0 Å². The number of hydrogen-bond acceptors (Lipinski definition) is 5. The standard InChI is InChI=1S/C25H30FN5O4/c1-13-18(27-17-6-7-31(9-8-30(4)5)23(33)21(13)17)11-15-14-10-16(26)20(12-19(14)28-22(15)32)29-24(34)25(2,3)35/h10-12,27,35H,6-9H2,1-5H3,(H,28,32)(H,29,34)/b15-11+. The second-order valence-electron chi connectivity index (χ2n) is 9.77. The van der Waals surface area contributed by atoms with Crippen LogP contribution in [0, 0.1) is 12.7 Å². The SMILES string of the molecule is Cc1c(/C=C2/C(=O)Nc3cc(NC(=O)C(C)(C)O)c(F)cc32)[nH]c2c1C(=O)N(CCN(C)C)CC2. The van der Waals surface area contributed by atoms with Crippen molar-refractivity contribution >= 4 is 40.7 Å². The number of anilines is 2. The summed E-state index contributed by atoms with van der Waals surface area (Å²) in [5.74, 6) is -1.97. The summed E-state index contributed by atoms with van der Waals surface area (Å²) >= 11 is 0. The van der Waals surface area contributed by atoms with Gasteiger partial charge >= 0.3 is 0 Å². The van der Waals surface area contributed by atoms with Crippen molar-refractivity contribution in [3.63, 3.8) is 0 Å². The minimum atomic E-state index is -1.69. The van der Waals surface area contributed by atoms with Gasteiger partial charge in [0, 0.05) is 43.0 Å². The van der Waals surface area contributed by atoms with Crippen LogP contribution in [0.3, 0.4) is 0 Å². The third kappa shape index (κ3) is 4.71. The zero-order valence-corrected chi connectivity index (χ0v) is 20.5. The van der Waals surface area contributed by atoms with E-state index in [2.05, 4.69) is 15.6 Å². The predicted molar refractivity (Wildman–Crippen MR) is 132 cm³/mol. The quantitative estimate of drug-likeness (QED) is 0.470. The lowest BCUT2D eigenvalue weighted by atomic mass is 10.0. The van der Waals surface area contributed by atoms with Gasteiger partial charge < -0.3 is 30.5 Å². The van der Waals surface area contributed by atoms with Crippen molar-refractivity contribution < 1.29 is 23.9 Å². The van der Waals surface area contributed by atoms with Crippen LogP contribution >= 0.6 is 0 Å². The fourth-order valence-electron chi connectivity index (χ4n) is 4.21. The van der Waals surface area contributed by atoms with Gasteiger partial charge in [-0.15, -0.1) is 0 Å². The maximum atomic E-state index is 14.8. The molecule has 10 heteroatoms. The summed E-state index contributed by atoms with van der Waals surface area (Å²) in [7, 11) is 3.92. The highest BCUT2D eigenvalue weighted by molar-refractivity contribution is 6.35. The van der Waals surface area contributed by atoms with Crippen molar-refractivity contribution in [2.75, 3.05) is 44.4 Å². The summed E-state index contributed by atoms with van der Waals surface area (Å²) < 4.78 is 14.8. The molecule has 35 heavy (non-hydrogen) atoms. The number of fused-ring (bicyclic) bond motifs is 2. The van der Waals surface area contributed by atoms with Crippen molar-refractivity contribution in [2.24, 2.45) is 0 Å².